The highest BCUT2D eigenvalue weighted by Gasteiger charge is 2.24. The van der Waals surface area contributed by atoms with E-state index >= 15 is 0 Å². The molecule has 1 saturated heterocycles. The third kappa shape index (κ3) is 3.76. The molecule has 23 heavy (non-hydrogen) atoms. The molecule has 0 spiro atoms. The standard InChI is InChI=1S/C17H19BrN2O3/c1-22-13-4-5-16(18)15(11-13)17(21)20-8-6-19(7-9-20)12-14-3-2-10-23-14/h2-5,10-11H,6-9,12H2,1H3. The highest BCUT2D eigenvalue weighted by molar-refractivity contribution is 9.10. The van der Waals surface area contributed by atoms with Gasteiger partial charge >= 0.3 is 0 Å². The van der Waals surface area contributed by atoms with E-state index in [1.807, 2.05) is 29.2 Å². The quantitative estimate of drug-likeness (QED) is 0.820. The molecule has 0 bridgehead atoms. The van der Waals surface area contributed by atoms with E-state index in [2.05, 4.69) is 20.8 Å². The minimum atomic E-state index is 0.0356. The number of hydrogen-bond donors (Lipinski definition) is 0. The number of halogens is 1. The summed E-state index contributed by atoms with van der Waals surface area (Å²) < 4.78 is 11.4. The molecule has 1 aromatic heterocycles. The van der Waals surface area contributed by atoms with Gasteiger partial charge in [-0.05, 0) is 46.3 Å². The molecule has 1 fully saturated rings. The van der Waals surface area contributed by atoms with Gasteiger partial charge in [0.1, 0.15) is 11.5 Å². The SMILES string of the molecule is COc1ccc(Br)c(C(=O)N2CCN(Cc3ccco3)CC2)c1. The van der Waals surface area contributed by atoms with Gasteiger partial charge in [0.05, 0.1) is 25.5 Å². The van der Waals surface area contributed by atoms with Crippen LogP contribution in [-0.2, 0) is 6.54 Å². The summed E-state index contributed by atoms with van der Waals surface area (Å²) in [4.78, 5) is 16.9. The molecule has 5 nitrogen and oxygen atoms in total. The number of piperazine rings is 1. The molecule has 0 saturated carbocycles. The number of ether oxygens (including phenoxy) is 1. The van der Waals surface area contributed by atoms with Crippen molar-refractivity contribution in [2.24, 2.45) is 0 Å². The molecule has 0 N–H and O–H groups in total. The van der Waals surface area contributed by atoms with Gasteiger partial charge in [0.25, 0.3) is 5.91 Å². The van der Waals surface area contributed by atoms with Gasteiger partial charge in [0.2, 0.25) is 0 Å². The van der Waals surface area contributed by atoms with Gasteiger partial charge in [-0.25, -0.2) is 0 Å². The molecule has 0 radical (unpaired) electrons. The van der Waals surface area contributed by atoms with E-state index in [-0.39, 0.29) is 5.91 Å². The largest absolute Gasteiger partial charge is 0.497 e. The van der Waals surface area contributed by atoms with Gasteiger partial charge in [-0.15, -0.1) is 0 Å². The molecule has 3 rings (SSSR count). The minimum absolute atomic E-state index is 0.0356. The normalized spacial score (nSPS) is 15.7. The van der Waals surface area contributed by atoms with Crippen molar-refractivity contribution in [3.63, 3.8) is 0 Å². The van der Waals surface area contributed by atoms with Crippen LogP contribution in [0, 0.1) is 0 Å². The van der Waals surface area contributed by atoms with Gasteiger partial charge in [0.15, 0.2) is 0 Å². The van der Waals surface area contributed by atoms with E-state index in [0.717, 1.165) is 29.9 Å². The summed E-state index contributed by atoms with van der Waals surface area (Å²) in [6.07, 6.45) is 1.69. The third-order valence-corrected chi connectivity index (χ3v) is 4.71. The van der Waals surface area contributed by atoms with Crippen LogP contribution in [0.5, 0.6) is 5.75 Å². The van der Waals surface area contributed by atoms with Crippen LogP contribution in [0.15, 0.2) is 45.5 Å². The fourth-order valence-electron chi connectivity index (χ4n) is 2.70. The van der Waals surface area contributed by atoms with E-state index in [1.54, 1.807) is 19.4 Å². The van der Waals surface area contributed by atoms with Gasteiger partial charge < -0.3 is 14.1 Å². The number of methoxy groups -OCH3 is 1. The maximum absolute atomic E-state index is 12.7. The molecule has 122 valence electrons. The smallest absolute Gasteiger partial charge is 0.255 e. The van der Waals surface area contributed by atoms with Crippen LogP contribution < -0.4 is 4.74 Å². The van der Waals surface area contributed by atoms with Crippen molar-refractivity contribution < 1.29 is 13.9 Å². The molecular weight excluding hydrogens is 360 g/mol. The second kappa shape index (κ2) is 7.19. The number of rotatable bonds is 4. The summed E-state index contributed by atoms with van der Waals surface area (Å²) in [6, 6.07) is 9.34. The first-order valence-electron chi connectivity index (χ1n) is 7.55. The van der Waals surface area contributed by atoms with Gasteiger partial charge in [-0.2, -0.15) is 0 Å². The summed E-state index contributed by atoms with van der Waals surface area (Å²) in [5, 5.41) is 0. The number of carbonyl (C=O) groups excluding carboxylic acids is 1. The summed E-state index contributed by atoms with van der Waals surface area (Å²) in [6.45, 7) is 3.90. The Morgan fingerprint density at radius 1 is 1.26 bits per heavy atom. The van der Waals surface area contributed by atoms with Crippen LogP contribution in [0.4, 0.5) is 0 Å². The van der Waals surface area contributed by atoms with Crippen LogP contribution in [-0.4, -0.2) is 49.0 Å². The summed E-state index contributed by atoms with van der Waals surface area (Å²) >= 11 is 3.45. The van der Waals surface area contributed by atoms with Crippen LogP contribution in [0.3, 0.4) is 0 Å². The first-order chi connectivity index (χ1) is 11.2. The van der Waals surface area contributed by atoms with Crippen molar-refractivity contribution in [1.82, 2.24) is 9.80 Å². The Balaban J connectivity index is 1.62. The molecule has 1 amide bonds. The van der Waals surface area contributed by atoms with E-state index in [0.29, 0.717) is 24.4 Å². The molecule has 1 aromatic carbocycles. The van der Waals surface area contributed by atoms with Crippen LogP contribution in [0.1, 0.15) is 16.1 Å². The fourth-order valence-corrected chi connectivity index (χ4v) is 3.11. The second-order valence-electron chi connectivity index (χ2n) is 5.49. The minimum Gasteiger partial charge on any atom is -0.497 e. The van der Waals surface area contributed by atoms with Crippen molar-refractivity contribution in [3.05, 3.63) is 52.4 Å². The maximum Gasteiger partial charge on any atom is 0.255 e. The highest BCUT2D eigenvalue weighted by Crippen LogP contribution is 2.24. The van der Waals surface area contributed by atoms with Crippen LogP contribution >= 0.6 is 15.9 Å². The van der Waals surface area contributed by atoms with Gasteiger partial charge in [0, 0.05) is 30.7 Å². The first kappa shape index (κ1) is 16.1. The molecule has 1 aliphatic heterocycles. The Labute approximate surface area is 143 Å². The molecule has 1 aliphatic rings. The number of furan rings is 1. The Morgan fingerprint density at radius 3 is 2.70 bits per heavy atom. The van der Waals surface area contributed by atoms with Gasteiger partial charge in [-0.3, -0.25) is 9.69 Å². The van der Waals surface area contributed by atoms with Gasteiger partial charge in [-0.1, -0.05) is 0 Å². The Bertz CT molecular complexity index is 664. The zero-order valence-corrected chi connectivity index (χ0v) is 14.6. The molecule has 0 atom stereocenters. The van der Waals surface area contributed by atoms with E-state index < -0.39 is 0 Å². The number of amides is 1. The summed E-state index contributed by atoms with van der Waals surface area (Å²) in [7, 11) is 1.60. The lowest BCUT2D eigenvalue weighted by Crippen LogP contribution is -2.48. The predicted octanol–water partition coefficient (Wildman–Crippen LogP) is 3.01. The number of carbonyl (C=O) groups is 1. The topological polar surface area (TPSA) is 45.9 Å². The summed E-state index contributed by atoms with van der Waals surface area (Å²) in [5.41, 5.74) is 0.642. The molecule has 6 heteroatoms. The molecule has 2 aromatic rings. The molecular formula is C17H19BrN2O3. The first-order valence-corrected chi connectivity index (χ1v) is 8.34. The van der Waals surface area contributed by atoms with Crippen molar-refractivity contribution in [2.75, 3.05) is 33.3 Å². The van der Waals surface area contributed by atoms with E-state index in [9.17, 15) is 4.79 Å². The Hall–Kier alpha value is -1.79. The lowest BCUT2D eigenvalue weighted by Gasteiger charge is -2.34. The predicted molar refractivity (Wildman–Crippen MR) is 90.6 cm³/mol. The summed E-state index contributed by atoms with van der Waals surface area (Å²) in [5.74, 6) is 1.68. The Kier molecular flexibility index (Phi) is 5.03. The zero-order chi connectivity index (χ0) is 16.2. The van der Waals surface area contributed by atoms with Crippen LogP contribution in [0.25, 0.3) is 0 Å². The third-order valence-electron chi connectivity index (χ3n) is 4.02. The van der Waals surface area contributed by atoms with Crippen molar-refractivity contribution in [2.45, 2.75) is 6.54 Å². The van der Waals surface area contributed by atoms with Crippen LogP contribution in [0.2, 0.25) is 0 Å². The molecule has 0 aliphatic carbocycles. The maximum atomic E-state index is 12.7. The Morgan fingerprint density at radius 2 is 2.04 bits per heavy atom. The van der Waals surface area contributed by atoms with E-state index in [4.69, 9.17) is 9.15 Å². The zero-order valence-electron chi connectivity index (χ0n) is 13.0. The lowest BCUT2D eigenvalue weighted by atomic mass is 10.1. The second-order valence-corrected chi connectivity index (χ2v) is 6.35. The lowest BCUT2D eigenvalue weighted by molar-refractivity contribution is 0.0619. The van der Waals surface area contributed by atoms with E-state index in [1.165, 1.54) is 0 Å². The number of nitrogens with zero attached hydrogens (tertiary/aromatic N) is 2. The average molecular weight is 379 g/mol. The number of hydrogen-bond acceptors (Lipinski definition) is 4. The highest BCUT2D eigenvalue weighted by atomic mass is 79.9. The molecule has 0 unspecified atom stereocenters. The molecule has 2 heterocycles. The van der Waals surface area contributed by atoms with Crippen molar-refractivity contribution in [3.8, 4) is 5.75 Å². The monoisotopic (exact) mass is 378 g/mol. The fraction of sp³-hybridized carbons (Fsp3) is 0.353. The van der Waals surface area contributed by atoms with Crippen molar-refractivity contribution >= 4 is 21.8 Å². The average Bonchev–Trinajstić information content (AvgIpc) is 3.08. The number of benzene rings is 1. The van der Waals surface area contributed by atoms with Crippen molar-refractivity contribution in [1.29, 1.82) is 0 Å².